The van der Waals surface area contributed by atoms with Gasteiger partial charge in [0.1, 0.15) is 5.82 Å². The highest BCUT2D eigenvalue weighted by molar-refractivity contribution is 6.08. The number of anilines is 2. The summed E-state index contributed by atoms with van der Waals surface area (Å²) in [5.74, 6) is -0.370. The van der Waals surface area contributed by atoms with Crippen LogP contribution < -0.4 is 11.1 Å². The van der Waals surface area contributed by atoms with Crippen LogP contribution >= 0.6 is 0 Å². The van der Waals surface area contributed by atoms with Gasteiger partial charge in [-0.05, 0) is 19.9 Å². The number of aromatic nitrogens is 2. The van der Waals surface area contributed by atoms with Crippen LogP contribution in [0, 0.1) is 13.8 Å². The molecule has 0 saturated carbocycles. The van der Waals surface area contributed by atoms with E-state index in [-0.39, 0.29) is 24.5 Å². The number of nitrogens with one attached hydrogen (secondary N) is 1. The maximum atomic E-state index is 12.4. The number of carbonyl (C=O) groups is 1. The molecule has 22 heavy (non-hydrogen) atoms. The first-order valence-electron chi connectivity index (χ1n) is 6.98. The molecule has 1 aromatic carbocycles. The van der Waals surface area contributed by atoms with Gasteiger partial charge in [-0.2, -0.15) is 5.10 Å². The molecule has 1 aromatic heterocycles. The van der Waals surface area contributed by atoms with Gasteiger partial charge >= 0.3 is 0 Å². The molecule has 0 saturated heterocycles. The number of aliphatic hydroxyl groups excluding tert-OH is 1. The van der Waals surface area contributed by atoms with Crippen LogP contribution in [0.25, 0.3) is 0 Å². The maximum absolute atomic E-state index is 12.4. The SMILES string of the molecule is Cc1ccc2c(c1)[C@](O)(c1c(C)nn(CCO)c1N)C(=O)N2. The van der Waals surface area contributed by atoms with Crippen molar-refractivity contribution >= 4 is 17.4 Å². The summed E-state index contributed by atoms with van der Waals surface area (Å²) in [6.45, 7) is 3.63. The Morgan fingerprint density at radius 3 is 2.82 bits per heavy atom. The van der Waals surface area contributed by atoms with Crippen molar-refractivity contribution in [1.29, 1.82) is 0 Å². The molecule has 7 heteroatoms. The highest BCUT2D eigenvalue weighted by Crippen LogP contribution is 2.44. The highest BCUT2D eigenvalue weighted by Gasteiger charge is 2.50. The fourth-order valence-electron chi connectivity index (χ4n) is 2.96. The lowest BCUT2D eigenvalue weighted by molar-refractivity contribution is -0.129. The Morgan fingerprint density at radius 1 is 1.41 bits per heavy atom. The Balaban J connectivity index is 2.24. The number of carbonyl (C=O) groups excluding carboxylic acids is 1. The zero-order valence-electron chi connectivity index (χ0n) is 12.4. The van der Waals surface area contributed by atoms with Crippen molar-refractivity contribution in [3.63, 3.8) is 0 Å². The van der Waals surface area contributed by atoms with Crippen LogP contribution in [-0.2, 0) is 16.9 Å². The number of rotatable bonds is 3. The van der Waals surface area contributed by atoms with Gasteiger partial charge in [0.05, 0.1) is 24.4 Å². The average Bonchev–Trinajstić information content (AvgIpc) is 2.87. The van der Waals surface area contributed by atoms with E-state index in [4.69, 9.17) is 10.8 Å². The fourth-order valence-corrected chi connectivity index (χ4v) is 2.96. The van der Waals surface area contributed by atoms with Crippen molar-refractivity contribution in [2.45, 2.75) is 26.0 Å². The number of hydrogen-bond acceptors (Lipinski definition) is 5. The Labute approximate surface area is 127 Å². The van der Waals surface area contributed by atoms with Gasteiger partial charge in [-0.15, -0.1) is 0 Å². The van der Waals surface area contributed by atoms with Crippen molar-refractivity contribution in [2.75, 3.05) is 17.7 Å². The van der Waals surface area contributed by atoms with Gasteiger partial charge in [-0.3, -0.25) is 4.79 Å². The van der Waals surface area contributed by atoms with E-state index in [1.807, 2.05) is 13.0 Å². The van der Waals surface area contributed by atoms with Crippen LogP contribution in [0.15, 0.2) is 18.2 Å². The van der Waals surface area contributed by atoms with Gasteiger partial charge in [0.15, 0.2) is 0 Å². The average molecular weight is 302 g/mol. The standard InChI is InChI=1S/C15H18N4O3/c1-8-3-4-11-10(7-8)15(22,14(21)17-11)12-9(2)18-19(5-6-20)13(12)16/h3-4,7,20,22H,5-6,16H2,1-2H3,(H,17,21)/t15-/m0/s1. The summed E-state index contributed by atoms with van der Waals surface area (Å²) in [6.07, 6.45) is 0. The largest absolute Gasteiger partial charge is 0.394 e. The second kappa shape index (κ2) is 4.82. The molecule has 1 amide bonds. The molecule has 1 atom stereocenters. The quantitative estimate of drug-likeness (QED) is 0.649. The van der Waals surface area contributed by atoms with Crippen LogP contribution in [0.4, 0.5) is 11.5 Å². The smallest absolute Gasteiger partial charge is 0.266 e. The molecule has 0 aliphatic carbocycles. The van der Waals surface area contributed by atoms with Crippen LogP contribution in [-0.4, -0.2) is 32.5 Å². The van der Waals surface area contributed by atoms with Crippen molar-refractivity contribution < 1.29 is 15.0 Å². The number of benzene rings is 1. The second-order valence-electron chi connectivity index (χ2n) is 5.51. The molecule has 3 rings (SSSR count). The van der Waals surface area contributed by atoms with E-state index in [0.29, 0.717) is 16.9 Å². The first-order chi connectivity index (χ1) is 10.4. The van der Waals surface area contributed by atoms with Crippen molar-refractivity contribution in [3.05, 3.63) is 40.6 Å². The minimum atomic E-state index is -1.87. The number of nitrogen functional groups attached to an aromatic ring is 1. The summed E-state index contributed by atoms with van der Waals surface area (Å²) >= 11 is 0. The van der Waals surface area contributed by atoms with E-state index in [9.17, 15) is 9.90 Å². The Bertz CT molecular complexity index is 768. The van der Waals surface area contributed by atoms with Gasteiger partial charge in [-0.25, -0.2) is 4.68 Å². The number of nitrogens with two attached hydrogens (primary N) is 1. The maximum Gasteiger partial charge on any atom is 0.266 e. The Morgan fingerprint density at radius 2 is 2.14 bits per heavy atom. The first-order valence-corrected chi connectivity index (χ1v) is 6.98. The number of hydrogen-bond donors (Lipinski definition) is 4. The molecule has 5 N–H and O–H groups in total. The van der Waals surface area contributed by atoms with Gasteiger partial charge in [0.2, 0.25) is 5.60 Å². The fraction of sp³-hybridized carbons (Fsp3) is 0.333. The van der Waals surface area contributed by atoms with Crippen molar-refractivity contribution in [2.24, 2.45) is 0 Å². The summed E-state index contributed by atoms with van der Waals surface area (Å²) in [7, 11) is 0. The number of aryl methyl sites for hydroxylation is 2. The molecule has 1 aliphatic rings. The number of amides is 1. The van der Waals surface area contributed by atoms with E-state index in [2.05, 4.69) is 10.4 Å². The van der Waals surface area contributed by atoms with Crippen LogP contribution in [0.3, 0.4) is 0 Å². The second-order valence-corrected chi connectivity index (χ2v) is 5.51. The molecule has 0 radical (unpaired) electrons. The minimum Gasteiger partial charge on any atom is -0.394 e. The highest BCUT2D eigenvalue weighted by atomic mass is 16.3. The lowest BCUT2D eigenvalue weighted by atomic mass is 9.86. The lowest BCUT2D eigenvalue weighted by Crippen LogP contribution is -2.36. The predicted octanol–water partition coefficient (Wildman–Crippen LogP) is 0.262. The third-order valence-corrected chi connectivity index (χ3v) is 3.98. The number of fused-ring (bicyclic) bond motifs is 1. The Hall–Kier alpha value is -2.38. The zero-order chi connectivity index (χ0) is 16.1. The molecule has 0 unspecified atom stereocenters. The summed E-state index contributed by atoms with van der Waals surface area (Å²) in [5.41, 5.74) is 6.87. The van der Waals surface area contributed by atoms with Gasteiger partial charge in [0, 0.05) is 11.3 Å². The molecule has 0 fully saturated rings. The van der Waals surface area contributed by atoms with E-state index in [1.165, 1.54) is 4.68 Å². The van der Waals surface area contributed by atoms with E-state index < -0.39 is 11.5 Å². The monoisotopic (exact) mass is 302 g/mol. The normalized spacial score (nSPS) is 20.1. The summed E-state index contributed by atoms with van der Waals surface area (Å²) < 4.78 is 1.39. The molecule has 2 aromatic rings. The summed E-state index contributed by atoms with van der Waals surface area (Å²) in [4.78, 5) is 12.4. The van der Waals surface area contributed by atoms with Gasteiger partial charge in [-0.1, -0.05) is 17.7 Å². The van der Waals surface area contributed by atoms with Crippen molar-refractivity contribution in [3.8, 4) is 0 Å². The topological polar surface area (TPSA) is 113 Å². The van der Waals surface area contributed by atoms with Gasteiger partial charge < -0.3 is 21.3 Å². The number of nitrogens with zero attached hydrogens (tertiary/aromatic N) is 2. The summed E-state index contributed by atoms with van der Waals surface area (Å²) in [6, 6.07) is 5.37. The van der Waals surface area contributed by atoms with E-state index >= 15 is 0 Å². The van der Waals surface area contributed by atoms with Crippen LogP contribution in [0.2, 0.25) is 0 Å². The van der Waals surface area contributed by atoms with Gasteiger partial charge in [0.25, 0.3) is 5.91 Å². The Kier molecular flexibility index (Phi) is 3.19. The molecule has 1 aliphatic heterocycles. The first kappa shape index (κ1) is 14.6. The third kappa shape index (κ3) is 1.83. The van der Waals surface area contributed by atoms with E-state index in [0.717, 1.165) is 5.56 Å². The lowest BCUT2D eigenvalue weighted by Gasteiger charge is -2.21. The summed E-state index contributed by atoms with van der Waals surface area (Å²) in [5, 5.41) is 27.1. The molecule has 7 nitrogen and oxygen atoms in total. The van der Waals surface area contributed by atoms with Crippen LogP contribution in [0.1, 0.15) is 22.4 Å². The molecular formula is C15H18N4O3. The molecular weight excluding hydrogens is 284 g/mol. The molecule has 116 valence electrons. The number of aliphatic hydroxyl groups is 2. The molecule has 2 heterocycles. The zero-order valence-corrected chi connectivity index (χ0v) is 12.4. The molecule has 0 spiro atoms. The molecule has 0 bridgehead atoms. The van der Waals surface area contributed by atoms with Crippen LogP contribution in [0.5, 0.6) is 0 Å². The third-order valence-electron chi connectivity index (χ3n) is 3.98. The minimum absolute atomic E-state index is 0.134. The van der Waals surface area contributed by atoms with Crippen molar-refractivity contribution in [1.82, 2.24) is 9.78 Å². The predicted molar refractivity (Wildman–Crippen MR) is 81.3 cm³/mol. The van der Waals surface area contributed by atoms with E-state index in [1.54, 1.807) is 19.1 Å².